The first-order valence-electron chi connectivity index (χ1n) is 22.3. The number of carbonyl (C=O) groups is 4. The molecule has 3 fully saturated rings. The van der Waals surface area contributed by atoms with E-state index in [9.17, 15) is 36.0 Å². The quantitative estimate of drug-likeness (QED) is 0.142. The Morgan fingerprint density at radius 1 is 1.02 bits per heavy atom. The van der Waals surface area contributed by atoms with Gasteiger partial charge in [-0.05, 0) is 95.4 Å². The largest absolute Gasteiger partial charge is 0.497 e. The summed E-state index contributed by atoms with van der Waals surface area (Å²) in [6, 6.07) is 7.51. The number of sulfonamides is 1. The molecule has 66 heavy (non-hydrogen) atoms. The fourth-order valence-electron chi connectivity index (χ4n) is 9.03. The molecule has 2 saturated carbocycles. The molecule has 0 bridgehead atoms. The molecule has 4 heterocycles. The fourth-order valence-corrected chi connectivity index (χ4v) is 10.3. The lowest BCUT2D eigenvalue weighted by molar-refractivity contribution is -0.257. The van der Waals surface area contributed by atoms with E-state index in [1.54, 1.807) is 43.6 Å². The number of hydrogen-bond donors (Lipinski definition) is 2. The highest BCUT2D eigenvalue weighted by atomic mass is 32.2. The van der Waals surface area contributed by atoms with Crippen molar-refractivity contribution in [2.24, 2.45) is 23.7 Å². The predicted molar refractivity (Wildman–Crippen MR) is 237 cm³/mol. The van der Waals surface area contributed by atoms with Gasteiger partial charge in [0.25, 0.3) is 5.91 Å². The van der Waals surface area contributed by atoms with Crippen molar-refractivity contribution in [3.63, 3.8) is 0 Å². The van der Waals surface area contributed by atoms with Crippen molar-refractivity contribution in [3.05, 3.63) is 54.9 Å². The summed E-state index contributed by atoms with van der Waals surface area (Å²) >= 11 is 0. The van der Waals surface area contributed by atoms with E-state index in [2.05, 4.69) is 20.0 Å². The number of allylic oxidation sites excluding steroid dienone is 1. The molecule has 1 saturated heterocycles. The lowest BCUT2D eigenvalue weighted by Crippen LogP contribution is -2.57. The molecule has 3 amide bonds. The Bertz CT molecular complexity index is 2500. The second-order valence-electron chi connectivity index (χ2n) is 18.9. The van der Waals surface area contributed by atoms with Gasteiger partial charge in [-0.1, -0.05) is 32.4 Å². The minimum Gasteiger partial charge on any atom is -0.497 e. The minimum absolute atomic E-state index is 0.0146. The monoisotopic (exact) mass is 941 g/mol. The third kappa shape index (κ3) is 9.81. The summed E-state index contributed by atoms with van der Waals surface area (Å²) in [5, 5.41) is 4.09. The van der Waals surface area contributed by atoms with E-state index in [0.717, 1.165) is 19.4 Å². The van der Waals surface area contributed by atoms with Crippen molar-refractivity contribution in [2.75, 3.05) is 20.8 Å². The van der Waals surface area contributed by atoms with Gasteiger partial charge in [-0.2, -0.15) is 13.2 Å². The van der Waals surface area contributed by atoms with Gasteiger partial charge in [-0.25, -0.2) is 18.4 Å². The smallest absolute Gasteiger partial charge is 0.427 e. The maximum Gasteiger partial charge on any atom is 0.427 e. The van der Waals surface area contributed by atoms with Crippen molar-refractivity contribution in [3.8, 4) is 28.6 Å². The van der Waals surface area contributed by atoms with Crippen LogP contribution in [0.5, 0.6) is 17.5 Å². The van der Waals surface area contributed by atoms with E-state index in [0.29, 0.717) is 66.5 Å². The van der Waals surface area contributed by atoms with Crippen LogP contribution >= 0.6 is 0 Å². The molecule has 0 spiro atoms. The Kier molecular flexibility index (Phi) is 13.5. The van der Waals surface area contributed by atoms with E-state index < -0.39 is 92.1 Å². The Morgan fingerprint density at radius 3 is 2.39 bits per heavy atom. The number of amides is 3. The highest BCUT2D eigenvalue weighted by molar-refractivity contribution is 7.91. The van der Waals surface area contributed by atoms with Gasteiger partial charge in [0.15, 0.2) is 0 Å². The van der Waals surface area contributed by atoms with Gasteiger partial charge in [-0.3, -0.25) is 23.9 Å². The summed E-state index contributed by atoms with van der Waals surface area (Å²) in [4.78, 5) is 67.8. The zero-order chi connectivity index (χ0) is 48.0. The van der Waals surface area contributed by atoms with Crippen molar-refractivity contribution in [2.45, 2.75) is 127 Å². The number of ether oxygens (including phenoxy) is 4. The van der Waals surface area contributed by atoms with Gasteiger partial charge in [0.2, 0.25) is 39.2 Å². The van der Waals surface area contributed by atoms with Crippen molar-refractivity contribution < 1.29 is 59.7 Å². The molecule has 1 aromatic carbocycles. The molecular formula is C47H58F3N5O10S. The summed E-state index contributed by atoms with van der Waals surface area (Å²) in [6.07, 6.45) is 3.15. The molecule has 7 atom stereocenters. The first kappa shape index (κ1) is 48.5. The zero-order valence-electron chi connectivity index (χ0n) is 38.2. The molecule has 0 unspecified atom stereocenters. The molecular weight excluding hydrogens is 884 g/mol. The van der Waals surface area contributed by atoms with Crippen LogP contribution in [0.25, 0.3) is 21.9 Å². The lowest BCUT2D eigenvalue weighted by atomic mass is 9.79. The van der Waals surface area contributed by atoms with Gasteiger partial charge >= 0.3 is 12.1 Å². The number of esters is 1. The Morgan fingerprint density at radius 2 is 1.76 bits per heavy atom. The number of carbonyl (C=O) groups excluding carboxylic acids is 4. The Balaban J connectivity index is 1.26. The van der Waals surface area contributed by atoms with Gasteiger partial charge in [0, 0.05) is 52.7 Å². The van der Waals surface area contributed by atoms with Crippen LogP contribution in [0.4, 0.5) is 13.2 Å². The molecule has 3 aromatic rings. The number of methoxy groups -OCH3 is 2. The van der Waals surface area contributed by atoms with Crippen molar-refractivity contribution in [1.82, 2.24) is 24.9 Å². The van der Waals surface area contributed by atoms with Crippen LogP contribution in [-0.2, 0) is 33.9 Å². The van der Waals surface area contributed by atoms with Crippen LogP contribution in [0.2, 0.25) is 0 Å². The third-order valence-electron chi connectivity index (χ3n) is 13.8. The lowest BCUT2D eigenvalue weighted by Gasteiger charge is -2.34. The van der Waals surface area contributed by atoms with Gasteiger partial charge in [0.05, 0.1) is 37.9 Å². The minimum atomic E-state index is -4.89. The Hall–Kier alpha value is -5.46. The molecule has 2 aliphatic heterocycles. The average Bonchev–Trinajstić information content (AvgIpc) is 4.15. The number of alkyl halides is 3. The molecule has 2 aliphatic carbocycles. The first-order chi connectivity index (χ1) is 31.0. The number of benzene rings is 1. The van der Waals surface area contributed by atoms with E-state index in [1.165, 1.54) is 19.1 Å². The van der Waals surface area contributed by atoms with Crippen LogP contribution in [0.15, 0.2) is 54.9 Å². The zero-order valence-corrected chi connectivity index (χ0v) is 39.0. The maximum absolute atomic E-state index is 15.2. The maximum atomic E-state index is 15.2. The standard InChI is InChI=1S/C47H58F3N5O10S/c1-8-28-19-27(2)11-9-10-12-30-23-46(30,43(59)54-66(60,61)45(5)17-18-45)53-40(57)37-21-32(26-55(37)42(58)34(28)22-39(56)65-44(3,4)47(48,49)50)64-41-33-15-14-31(62-6)20-35(33)36(25-52-41)29-13-16-38(63-7)51-24-29/h10,12-16,20,24-25,27-28,30,32,34,37H,8-9,11,17-19,21-23,26H2,1-7H3,(H,53,57)(H,54,59)/b12-10-/t27-,28-,30-,32-,34+,37+,46-/m1/s1. The van der Waals surface area contributed by atoms with Crippen LogP contribution in [-0.4, -0.2) is 102 Å². The van der Waals surface area contributed by atoms with E-state index in [-0.39, 0.29) is 31.2 Å². The predicted octanol–water partition coefficient (Wildman–Crippen LogP) is 6.83. The molecule has 2 aromatic heterocycles. The summed E-state index contributed by atoms with van der Waals surface area (Å²) in [6.45, 7) is 6.62. The van der Waals surface area contributed by atoms with Crippen LogP contribution < -0.4 is 24.2 Å². The van der Waals surface area contributed by atoms with Crippen molar-refractivity contribution >= 4 is 44.5 Å². The number of halogens is 3. The molecule has 2 N–H and O–H groups in total. The van der Waals surface area contributed by atoms with E-state index >= 15 is 4.79 Å². The van der Waals surface area contributed by atoms with Crippen LogP contribution in [0.3, 0.4) is 0 Å². The topological polar surface area (TPSA) is 192 Å². The second-order valence-corrected chi connectivity index (χ2v) is 21.1. The highest BCUT2D eigenvalue weighted by Gasteiger charge is 2.63. The van der Waals surface area contributed by atoms with E-state index in [4.69, 9.17) is 18.9 Å². The number of nitrogens with one attached hydrogen (secondary N) is 2. The number of fused-ring (bicyclic) bond motifs is 3. The molecule has 0 radical (unpaired) electrons. The summed E-state index contributed by atoms with van der Waals surface area (Å²) in [5.74, 6) is -4.72. The average molecular weight is 942 g/mol. The Labute approximate surface area is 382 Å². The first-order valence-corrected chi connectivity index (χ1v) is 23.8. The number of hydrogen-bond acceptors (Lipinski definition) is 12. The SMILES string of the molecule is CC[C@@H]1C[C@H](C)CC/C=C\[C@@H]2C[C@@]2(C(=O)NS(=O)(=O)C2(C)CC2)NC(=O)[C@@H]2C[C@@H](Oc3ncc(-c4ccc(OC)nc4)c4cc(OC)ccc34)CN2C(=O)[C@H]1CC(=O)OC(C)(C)C(F)(F)F. The molecule has 19 heteroatoms. The third-order valence-corrected chi connectivity index (χ3v) is 15.9. The summed E-state index contributed by atoms with van der Waals surface area (Å²) in [7, 11) is -1.06. The summed E-state index contributed by atoms with van der Waals surface area (Å²) < 4.78 is 91.9. The number of nitrogens with zero attached hydrogens (tertiary/aromatic N) is 3. The van der Waals surface area contributed by atoms with Crippen LogP contribution in [0, 0.1) is 23.7 Å². The molecule has 7 rings (SSSR count). The number of aromatic nitrogens is 2. The molecule has 15 nitrogen and oxygen atoms in total. The van der Waals surface area contributed by atoms with Gasteiger partial charge in [0.1, 0.15) is 23.4 Å². The normalized spacial score (nSPS) is 27.3. The van der Waals surface area contributed by atoms with Gasteiger partial charge < -0.3 is 29.2 Å². The van der Waals surface area contributed by atoms with E-state index in [1.807, 2.05) is 32.1 Å². The number of rotatable bonds is 12. The highest BCUT2D eigenvalue weighted by Crippen LogP contribution is 2.48. The van der Waals surface area contributed by atoms with Crippen molar-refractivity contribution in [1.29, 1.82) is 0 Å². The summed E-state index contributed by atoms with van der Waals surface area (Å²) in [5.41, 5.74) is -3.09. The van der Waals surface area contributed by atoms with Crippen LogP contribution in [0.1, 0.15) is 92.4 Å². The fraction of sp³-hybridized carbons (Fsp3) is 0.574. The number of pyridine rings is 2. The second kappa shape index (κ2) is 18.3. The molecule has 4 aliphatic rings. The molecule has 358 valence electrons. The van der Waals surface area contributed by atoms with Gasteiger partial charge in [-0.15, -0.1) is 0 Å².